The number of hydrogen-bond acceptors (Lipinski definition) is 4. The highest BCUT2D eigenvalue weighted by molar-refractivity contribution is 5.87. The number of carbonyl (C=O) groups is 1. The number of halogens is 3. The van der Waals surface area contributed by atoms with Gasteiger partial charge >= 0.3 is 12.1 Å². The maximum Gasteiger partial charge on any atom is 0.389 e. The van der Waals surface area contributed by atoms with Crippen molar-refractivity contribution in [3.05, 3.63) is 23.7 Å². The van der Waals surface area contributed by atoms with Gasteiger partial charge in [0, 0.05) is 18.5 Å². The molecule has 0 aliphatic rings. The van der Waals surface area contributed by atoms with Crippen molar-refractivity contribution in [2.75, 3.05) is 13.7 Å². The summed E-state index contributed by atoms with van der Waals surface area (Å²) in [6.07, 6.45) is -2.99. The lowest BCUT2D eigenvalue weighted by molar-refractivity contribution is -0.135. The van der Waals surface area contributed by atoms with Crippen molar-refractivity contribution < 1.29 is 27.1 Å². The van der Waals surface area contributed by atoms with Gasteiger partial charge in [-0.1, -0.05) is 0 Å². The Morgan fingerprint density at radius 3 is 2.79 bits per heavy atom. The van der Waals surface area contributed by atoms with E-state index in [1.165, 1.54) is 13.4 Å². The molecule has 108 valence electrons. The Morgan fingerprint density at radius 2 is 2.16 bits per heavy atom. The number of methoxy groups -OCH3 is 1. The zero-order valence-corrected chi connectivity index (χ0v) is 10.5. The number of nitrogens with one attached hydrogen (secondary N) is 1. The molecule has 0 spiro atoms. The van der Waals surface area contributed by atoms with E-state index in [0.717, 1.165) is 0 Å². The van der Waals surface area contributed by atoms with Crippen molar-refractivity contribution in [1.29, 1.82) is 0 Å². The Bertz CT molecular complexity index is 401. The van der Waals surface area contributed by atoms with E-state index in [0.29, 0.717) is 25.1 Å². The molecule has 7 heteroatoms. The molecule has 0 aliphatic carbocycles. The van der Waals surface area contributed by atoms with E-state index in [2.05, 4.69) is 10.1 Å². The number of carbonyl (C=O) groups excluding carboxylic acids is 1. The van der Waals surface area contributed by atoms with E-state index in [-0.39, 0.29) is 12.2 Å². The van der Waals surface area contributed by atoms with Gasteiger partial charge in [0.05, 0.1) is 13.4 Å². The summed E-state index contributed by atoms with van der Waals surface area (Å²) in [5, 5.41) is 2.96. The molecule has 19 heavy (non-hydrogen) atoms. The topological polar surface area (TPSA) is 51.5 Å². The lowest BCUT2D eigenvalue weighted by atomic mass is 10.2. The summed E-state index contributed by atoms with van der Waals surface area (Å²) in [6, 6.07) is 1.62. The molecule has 1 aromatic heterocycles. The van der Waals surface area contributed by atoms with Crippen molar-refractivity contribution in [3.8, 4) is 0 Å². The third kappa shape index (κ3) is 5.78. The molecule has 0 atom stereocenters. The van der Waals surface area contributed by atoms with Gasteiger partial charge in [-0.3, -0.25) is 0 Å². The van der Waals surface area contributed by atoms with Crippen LogP contribution >= 0.6 is 0 Å². The monoisotopic (exact) mass is 279 g/mol. The van der Waals surface area contributed by atoms with Crippen LogP contribution in [0, 0.1) is 0 Å². The number of unbranched alkanes of at least 4 members (excludes halogenated alkanes) is 1. The quantitative estimate of drug-likeness (QED) is 0.616. The minimum absolute atomic E-state index is 0.0890. The highest BCUT2D eigenvalue weighted by Gasteiger charge is 2.25. The fraction of sp³-hybridized carbons (Fsp3) is 0.583. The zero-order chi connectivity index (χ0) is 14.3. The van der Waals surface area contributed by atoms with Crippen LogP contribution in [0.2, 0.25) is 0 Å². The normalized spacial score (nSPS) is 11.6. The van der Waals surface area contributed by atoms with Crippen LogP contribution in [-0.2, 0) is 11.3 Å². The van der Waals surface area contributed by atoms with E-state index < -0.39 is 18.6 Å². The number of furan rings is 1. The summed E-state index contributed by atoms with van der Waals surface area (Å²) in [4.78, 5) is 11.3. The second kappa shape index (κ2) is 7.18. The summed E-state index contributed by atoms with van der Waals surface area (Å²) in [7, 11) is 1.25. The molecule has 4 nitrogen and oxygen atoms in total. The predicted molar refractivity (Wildman–Crippen MR) is 61.7 cm³/mol. The summed E-state index contributed by atoms with van der Waals surface area (Å²) in [5.74, 6) is -0.454. The number of hydrogen-bond donors (Lipinski definition) is 1. The lowest BCUT2D eigenvalue weighted by Gasteiger charge is -2.06. The van der Waals surface area contributed by atoms with Crippen LogP contribution in [0.3, 0.4) is 0 Å². The molecule has 0 radical (unpaired) electrons. The Morgan fingerprint density at radius 1 is 1.42 bits per heavy atom. The van der Waals surface area contributed by atoms with E-state index in [1.54, 1.807) is 6.07 Å². The van der Waals surface area contributed by atoms with Crippen LogP contribution in [0.15, 0.2) is 16.7 Å². The molecule has 1 heterocycles. The van der Waals surface area contributed by atoms with Crippen LogP contribution in [0.5, 0.6) is 0 Å². The number of esters is 1. The highest BCUT2D eigenvalue weighted by Crippen LogP contribution is 2.21. The van der Waals surface area contributed by atoms with Crippen molar-refractivity contribution in [2.24, 2.45) is 0 Å². The minimum atomic E-state index is -4.09. The van der Waals surface area contributed by atoms with Crippen LogP contribution in [0.1, 0.15) is 35.4 Å². The van der Waals surface area contributed by atoms with Crippen LogP contribution in [0.4, 0.5) is 13.2 Å². The molecule has 0 saturated heterocycles. The second-order valence-corrected chi connectivity index (χ2v) is 4.02. The Kier molecular flexibility index (Phi) is 5.88. The Labute approximate surface area is 108 Å². The molecule has 0 aromatic carbocycles. The molecule has 0 amide bonds. The van der Waals surface area contributed by atoms with Crippen molar-refractivity contribution in [2.45, 2.75) is 32.0 Å². The van der Waals surface area contributed by atoms with E-state index >= 15 is 0 Å². The van der Waals surface area contributed by atoms with Crippen LogP contribution in [0.25, 0.3) is 0 Å². The molecule has 1 rings (SSSR count). The van der Waals surface area contributed by atoms with Crippen molar-refractivity contribution >= 4 is 5.97 Å². The second-order valence-electron chi connectivity index (χ2n) is 4.02. The SMILES string of the molecule is COC(=O)c1occc1CNCCCCC(F)(F)F. The van der Waals surface area contributed by atoms with Gasteiger partial charge in [-0.2, -0.15) is 13.2 Å². The number of ether oxygens (including phenoxy) is 1. The molecule has 0 saturated carbocycles. The van der Waals surface area contributed by atoms with E-state index in [1.807, 2.05) is 0 Å². The third-order valence-electron chi connectivity index (χ3n) is 2.50. The predicted octanol–water partition coefficient (Wildman–Crippen LogP) is 2.89. The molecule has 0 aliphatic heterocycles. The van der Waals surface area contributed by atoms with Gasteiger partial charge < -0.3 is 14.5 Å². The first-order chi connectivity index (χ1) is 8.94. The maximum absolute atomic E-state index is 11.9. The maximum atomic E-state index is 11.9. The highest BCUT2D eigenvalue weighted by atomic mass is 19.4. The lowest BCUT2D eigenvalue weighted by Crippen LogP contribution is -2.17. The zero-order valence-electron chi connectivity index (χ0n) is 10.5. The molecule has 0 fully saturated rings. The van der Waals surface area contributed by atoms with Gasteiger partial charge in [-0.25, -0.2) is 4.79 Å². The number of rotatable bonds is 7. The Hall–Kier alpha value is -1.50. The Balaban J connectivity index is 2.23. The molecular formula is C12H16F3NO3. The standard InChI is InChI=1S/C12H16F3NO3/c1-18-11(17)10-9(4-7-19-10)8-16-6-3-2-5-12(13,14)15/h4,7,16H,2-3,5-6,8H2,1H3. The fourth-order valence-electron chi connectivity index (χ4n) is 1.55. The summed E-state index contributed by atoms with van der Waals surface area (Å²) >= 11 is 0. The molecule has 1 aromatic rings. The number of alkyl halides is 3. The molecular weight excluding hydrogens is 263 g/mol. The van der Waals surface area contributed by atoms with Crippen molar-refractivity contribution in [3.63, 3.8) is 0 Å². The average molecular weight is 279 g/mol. The first kappa shape index (κ1) is 15.6. The smallest absolute Gasteiger partial charge is 0.389 e. The van der Waals surface area contributed by atoms with Gasteiger partial charge in [-0.15, -0.1) is 0 Å². The van der Waals surface area contributed by atoms with Crippen LogP contribution in [-0.4, -0.2) is 25.8 Å². The third-order valence-corrected chi connectivity index (χ3v) is 2.50. The van der Waals surface area contributed by atoms with Gasteiger partial charge in [0.2, 0.25) is 5.76 Å². The van der Waals surface area contributed by atoms with E-state index in [9.17, 15) is 18.0 Å². The molecule has 0 unspecified atom stereocenters. The summed E-state index contributed by atoms with van der Waals surface area (Å²) in [6.45, 7) is 0.800. The first-order valence-electron chi connectivity index (χ1n) is 5.86. The first-order valence-corrected chi connectivity index (χ1v) is 5.86. The fourth-order valence-corrected chi connectivity index (χ4v) is 1.55. The largest absolute Gasteiger partial charge is 0.463 e. The van der Waals surface area contributed by atoms with Gasteiger partial charge in [0.25, 0.3) is 0 Å². The van der Waals surface area contributed by atoms with Crippen molar-refractivity contribution in [1.82, 2.24) is 5.32 Å². The van der Waals surface area contributed by atoms with Gasteiger partial charge in [0.15, 0.2) is 0 Å². The average Bonchev–Trinajstić information content (AvgIpc) is 2.79. The minimum Gasteiger partial charge on any atom is -0.463 e. The summed E-state index contributed by atoms with van der Waals surface area (Å²) in [5.41, 5.74) is 0.627. The molecule has 1 N–H and O–H groups in total. The van der Waals surface area contributed by atoms with Crippen LogP contribution < -0.4 is 5.32 Å². The summed E-state index contributed by atoms with van der Waals surface area (Å²) < 4.78 is 45.2. The van der Waals surface area contributed by atoms with Gasteiger partial charge in [-0.05, 0) is 25.5 Å². The van der Waals surface area contributed by atoms with Gasteiger partial charge in [0.1, 0.15) is 0 Å². The molecule has 0 bridgehead atoms. The van der Waals surface area contributed by atoms with E-state index in [4.69, 9.17) is 4.42 Å².